The summed E-state index contributed by atoms with van der Waals surface area (Å²) in [4.78, 5) is 45.4. The molecule has 7 aromatic carbocycles. The maximum Gasteiger partial charge on any atom is 0.269 e. The second kappa shape index (κ2) is 46.4. The summed E-state index contributed by atoms with van der Waals surface area (Å²) in [6, 6.07) is 54.6. The van der Waals surface area contributed by atoms with Crippen LogP contribution in [0.1, 0.15) is 125 Å². The van der Waals surface area contributed by atoms with E-state index in [0.29, 0.717) is 43.2 Å². The number of anilines is 2. The van der Waals surface area contributed by atoms with Crippen LogP contribution < -0.4 is 24.0 Å². The van der Waals surface area contributed by atoms with Gasteiger partial charge in [0.1, 0.15) is 45.7 Å². The van der Waals surface area contributed by atoms with Crippen LogP contribution in [0.25, 0.3) is 20.3 Å². The van der Waals surface area contributed by atoms with Gasteiger partial charge in [-0.15, -0.1) is 11.3 Å². The van der Waals surface area contributed by atoms with Crippen LogP contribution in [-0.2, 0) is 42.7 Å². The number of non-ortho nitro benzene ring substituents is 1. The molecule has 3 atom stereocenters. The summed E-state index contributed by atoms with van der Waals surface area (Å²) >= 11 is 8.68. The predicted molar refractivity (Wildman–Crippen MR) is 552 cm³/mol. The van der Waals surface area contributed by atoms with Crippen LogP contribution in [0.2, 0.25) is 0 Å². The maximum atomic E-state index is 11.6. The number of hydrogen-bond acceptors (Lipinski definition) is 23. The number of phenols is 2. The quantitative estimate of drug-likeness (QED) is 0.0325. The van der Waals surface area contributed by atoms with Crippen molar-refractivity contribution in [2.75, 3.05) is 188 Å². The molecular formula is C108H141Br2N15O9S2. The number of nitro groups is 1. The average molecular weight is 2020 g/mol. The number of ether oxygens (including phenoxy) is 3. The normalized spacial score (nSPS) is 26.1. The molecule has 9 aromatic rings. The summed E-state index contributed by atoms with van der Waals surface area (Å²) < 4.78 is 44.4. The summed E-state index contributed by atoms with van der Waals surface area (Å²) in [6.07, 6.45) is 27.5. The number of sulfonamides is 1. The lowest BCUT2D eigenvalue weighted by atomic mass is 9.52. The Morgan fingerprint density at radius 3 is 1.54 bits per heavy atom. The highest BCUT2D eigenvalue weighted by Crippen LogP contribution is 2.58. The zero-order valence-electron chi connectivity index (χ0n) is 80.3. The molecule has 5 saturated heterocycles. The van der Waals surface area contributed by atoms with Gasteiger partial charge in [0.05, 0.1) is 49.1 Å². The minimum atomic E-state index is -2.99. The first-order chi connectivity index (χ1) is 66.0. The van der Waals surface area contributed by atoms with E-state index in [1.807, 2.05) is 67.6 Å². The lowest BCUT2D eigenvalue weighted by Crippen LogP contribution is -2.60. The molecule has 5 aliphatic heterocycles. The molecule has 0 amide bonds. The summed E-state index contributed by atoms with van der Waals surface area (Å²) in [6.45, 7) is 29.0. The number of phenolic OH excluding ortho intramolecular Hbond substituents is 2. The number of methoxy groups -OCH3 is 2. The molecule has 24 rings (SSSR count). The first kappa shape index (κ1) is 99.2. The minimum Gasteiger partial charge on any atom is -0.508 e. The fourth-order valence-electron chi connectivity index (χ4n) is 25.4. The highest BCUT2D eigenvalue weighted by Gasteiger charge is 2.53. The molecule has 14 fully saturated rings. The molecule has 24 nitrogen and oxygen atoms in total. The van der Waals surface area contributed by atoms with Gasteiger partial charge >= 0.3 is 0 Å². The van der Waals surface area contributed by atoms with Gasteiger partial charge in [0.2, 0.25) is 10.0 Å². The molecule has 7 heterocycles. The average Bonchev–Trinajstić information content (AvgIpc) is 1.16. The number of rotatable bonds is 24. The predicted octanol–water partition coefficient (Wildman–Crippen LogP) is 18.6. The molecule has 15 aliphatic rings. The number of thiophene rings is 1. The van der Waals surface area contributed by atoms with Crippen molar-refractivity contribution >= 4 is 90.7 Å². The van der Waals surface area contributed by atoms with Crippen LogP contribution in [0.5, 0.6) is 28.7 Å². The Kier molecular flexibility index (Phi) is 33.8. The Balaban J connectivity index is 0.000000114. The molecule has 9 saturated carbocycles. The van der Waals surface area contributed by atoms with Crippen molar-refractivity contribution < 1.29 is 37.8 Å². The number of aromatic nitrogens is 2. The third kappa shape index (κ3) is 25.5. The molecule has 2 N–H and O–H groups in total. The van der Waals surface area contributed by atoms with Gasteiger partial charge in [-0.05, 0) is 252 Å². The fraction of sp³-hybridized carbons (Fsp3) is 0.546. The van der Waals surface area contributed by atoms with E-state index >= 15 is 0 Å². The lowest BCUT2D eigenvalue weighted by Gasteiger charge is -2.60. The monoisotopic (exact) mass is 2010 g/mol. The molecule has 136 heavy (non-hydrogen) atoms. The fourth-order valence-corrected chi connectivity index (χ4v) is 28.0. The van der Waals surface area contributed by atoms with Crippen LogP contribution in [0.4, 0.5) is 17.2 Å². The molecule has 3 unspecified atom stereocenters. The number of nitrogens with zero attached hydrogens (tertiary/aromatic N) is 15. The van der Waals surface area contributed by atoms with Crippen LogP contribution in [0.3, 0.4) is 0 Å². The van der Waals surface area contributed by atoms with Crippen LogP contribution in [0.15, 0.2) is 185 Å². The van der Waals surface area contributed by atoms with Gasteiger partial charge in [-0.2, -0.15) is 9.57 Å². The second-order valence-corrected chi connectivity index (χ2v) is 45.7. The number of hydrogen-bond donors (Lipinski definition) is 2. The number of nitriles is 1. The second-order valence-electron chi connectivity index (χ2n) is 40.8. The van der Waals surface area contributed by atoms with E-state index in [4.69, 9.17) is 19.5 Å². The Morgan fingerprint density at radius 1 is 0.551 bits per heavy atom. The van der Waals surface area contributed by atoms with Gasteiger partial charge in [0.15, 0.2) is 0 Å². The molecule has 0 spiro atoms. The Labute approximate surface area is 827 Å². The van der Waals surface area contributed by atoms with Crippen molar-refractivity contribution in [1.29, 1.82) is 5.26 Å². The third-order valence-electron chi connectivity index (χ3n) is 31.8. The van der Waals surface area contributed by atoms with Gasteiger partial charge < -0.3 is 39.1 Å². The molecular weight excluding hydrogens is 1880 g/mol. The van der Waals surface area contributed by atoms with Crippen molar-refractivity contribution in [3.05, 3.63) is 223 Å². The first-order valence-corrected chi connectivity index (χ1v) is 54.3. The Hall–Kier alpha value is -8.38. The topological polar surface area (TPSA) is 231 Å². The largest absolute Gasteiger partial charge is 0.508 e. The van der Waals surface area contributed by atoms with Crippen molar-refractivity contribution in [1.82, 2.24) is 53.5 Å². The smallest absolute Gasteiger partial charge is 0.269 e. The van der Waals surface area contributed by atoms with Gasteiger partial charge in [-0.1, -0.05) is 111 Å². The van der Waals surface area contributed by atoms with E-state index < -0.39 is 10.0 Å². The van der Waals surface area contributed by atoms with E-state index in [1.54, 1.807) is 60.5 Å². The number of allylic oxidation sites excluding steroid dienone is 2. The summed E-state index contributed by atoms with van der Waals surface area (Å²) in [7, 11) is 2.70. The summed E-state index contributed by atoms with van der Waals surface area (Å²) in [5, 5.41) is 41.9. The number of fused-ring (bicyclic) bond motifs is 5. The van der Waals surface area contributed by atoms with E-state index in [1.165, 1.54) is 129 Å². The number of aromatic hydroxyl groups is 2. The summed E-state index contributed by atoms with van der Waals surface area (Å²) in [5.41, 5.74) is 7.51. The van der Waals surface area contributed by atoms with Crippen molar-refractivity contribution in [2.45, 2.75) is 141 Å². The molecule has 728 valence electrons. The maximum absolute atomic E-state index is 11.6. The molecule has 10 bridgehead atoms. The summed E-state index contributed by atoms with van der Waals surface area (Å²) in [5.74, 6) is 14.1. The third-order valence-corrected chi connectivity index (χ3v) is 35.2. The number of benzene rings is 7. The zero-order chi connectivity index (χ0) is 94.4. The first-order valence-electron chi connectivity index (χ1n) is 50.1. The minimum absolute atomic E-state index is 0.127. The molecule has 28 heteroatoms. The number of halogens is 2. The van der Waals surface area contributed by atoms with Gasteiger partial charge in [0.25, 0.3) is 5.69 Å². The van der Waals surface area contributed by atoms with Crippen molar-refractivity contribution in [3.63, 3.8) is 0 Å². The SMILES string of the molecule is CCOc1ccc(CN2CCN(c3ccccc3OC)CC2)cc1.CN(CCC#N)C12CC3CC(CC(C3)C1)C2.COc1ccc(CN2CCN(c3ncnc4sc5ccccc5c34)CC2)cc1.CS(=O)(=O)N1CCN(C2C3CC4CC(C3)CC2C4)CC1.O=[N+]([O-])c1ccc(CN2CCN(Cc3cc(Br)ccc3O)CC2)cc1.Oc1ccc(Br)cc1CN1CCN(CC2CC3C=CC2C3)CC1. The zero-order valence-corrected chi connectivity index (χ0v) is 85.1. The van der Waals surface area contributed by atoms with Crippen molar-refractivity contribution in [2.24, 2.45) is 59.2 Å². The van der Waals surface area contributed by atoms with Gasteiger partial charge in [0, 0.05) is 237 Å². The van der Waals surface area contributed by atoms with E-state index in [-0.39, 0.29) is 10.6 Å². The van der Waals surface area contributed by atoms with Crippen LogP contribution in [0, 0.1) is 80.6 Å². The highest BCUT2D eigenvalue weighted by molar-refractivity contribution is 9.10. The van der Waals surface area contributed by atoms with E-state index in [0.717, 1.165) is 276 Å². The van der Waals surface area contributed by atoms with Gasteiger partial charge in [-0.3, -0.25) is 44.4 Å². The standard InChI is InChI=1S/C22H22N4OS.C20H26N2O2.C19H25BrN2O.C18H20BrN3O3.C15H26N2O2S.C14H22N2/c1-27-17-8-6-16(7-9-17)14-25-10-12-26(13-11-25)21-20-18-4-2-3-5-19(18)28-22(20)24-15-23-21;1-3-24-18-10-8-17(9-11-18)16-21-12-14-22(15-13-21)19-6-4-5-7-20(19)23-2;20-18-3-4-19(23)17(11-18)13-22-7-5-21(6-8-22)12-16-10-14-1-2-15(16)9-14;19-16-3-6-18(23)15(11-16)13-21-9-7-20(8-10-21)12-14-1-4-17(5-2-14)22(24)25;1-20(18,19)17-4-2-16(3-5-17)15-13-7-11-6-12(9-13)10-14(15)8-11;1-16(4-2-3-15)14-8-11-5-12(9-14)7-13(6-11)10-14/h2-9,15H,10-14H2,1H3;4-11H,3,12-16H2,1-2H3;1-4,11,14-16,23H,5-10,12-13H2;1-6,11,23H,7-10,12-13H2;11-15H,2-10H2,1H3;11-13H,2,4-10H2,1H3. The molecule has 2 aromatic heterocycles. The van der Waals surface area contributed by atoms with Gasteiger partial charge in [-0.25, -0.2) is 18.4 Å². The molecule has 10 aliphatic carbocycles. The van der Waals surface area contributed by atoms with Crippen LogP contribution in [-0.4, -0.2) is 267 Å². The lowest BCUT2D eigenvalue weighted by molar-refractivity contribution is -0.384. The Bertz CT molecular complexity index is 5530. The molecule has 0 radical (unpaired) electrons. The number of nitro benzene ring substituents is 1. The Morgan fingerprint density at radius 2 is 1.04 bits per heavy atom. The number of piperazine rings is 5. The highest BCUT2D eigenvalue weighted by atomic mass is 79.9. The van der Waals surface area contributed by atoms with E-state index in [2.05, 4.69) is 189 Å². The van der Waals surface area contributed by atoms with Crippen molar-refractivity contribution in [3.8, 4) is 34.8 Å². The van der Waals surface area contributed by atoms with E-state index in [9.17, 15) is 28.7 Å². The van der Waals surface area contributed by atoms with Crippen LogP contribution >= 0.6 is 43.2 Å². The number of para-hydroxylation sites is 2.